The van der Waals surface area contributed by atoms with Crippen LogP contribution in [0.1, 0.15) is 45.5 Å². The summed E-state index contributed by atoms with van der Waals surface area (Å²) in [6.45, 7) is 0.404. The molecule has 6 heteroatoms. The molecule has 28 heavy (non-hydrogen) atoms. The summed E-state index contributed by atoms with van der Waals surface area (Å²) in [6.07, 6.45) is 7.16. The first-order chi connectivity index (χ1) is 13.6. The number of hydrogen-bond acceptors (Lipinski definition) is 5. The monoisotopic (exact) mass is 375 g/mol. The smallest absolute Gasteiger partial charge is 0.252 e. The van der Waals surface area contributed by atoms with Crippen LogP contribution in [0.5, 0.6) is 5.75 Å². The predicted octanol–water partition coefficient (Wildman–Crippen LogP) is 3.62. The van der Waals surface area contributed by atoms with E-state index in [0.29, 0.717) is 48.2 Å². The number of carbonyl (C=O) groups is 2. The Labute approximate surface area is 164 Å². The number of benzene rings is 2. The Morgan fingerprint density at radius 1 is 1.07 bits per heavy atom. The molecule has 1 heterocycles. The van der Waals surface area contributed by atoms with Crippen LogP contribution in [0.25, 0.3) is 0 Å². The maximum Gasteiger partial charge on any atom is 0.252 e. The van der Waals surface area contributed by atoms with Crippen molar-refractivity contribution in [2.45, 2.75) is 24.9 Å². The molecule has 0 atom stereocenters. The van der Waals surface area contributed by atoms with Gasteiger partial charge in [-0.2, -0.15) is 10.2 Å². The zero-order valence-electron chi connectivity index (χ0n) is 15.6. The molecule has 142 valence electrons. The summed E-state index contributed by atoms with van der Waals surface area (Å²) in [7, 11) is 1.56. The summed E-state index contributed by atoms with van der Waals surface area (Å²) in [5.41, 5.74) is 0.737. The third-order valence-corrected chi connectivity index (χ3v) is 4.63. The first-order valence-corrected chi connectivity index (χ1v) is 9.02. The number of hydrogen-bond donors (Lipinski definition) is 1. The maximum atomic E-state index is 12.9. The van der Waals surface area contributed by atoms with Crippen molar-refractivity contribution in [3.8, 4) is 18.1 Å². The molecule has 2 aromatic rings. The zero-order valence-corrected chi connectivity index (χ0v) is 15.6. The van der Waals surface area contributed by atoms with Crippen molar-refractivity contribution in [1.29, 1.82) is 0 Å². The Kier molecular flexibility index (Phi) is 5.85. The van der Waals surface area contributed by atoms with E-state index in [9.17, 15) is 9.59 Å². The molecule has 1 aliphatic rings. The standard InChI is InChI=1S/C22H21N3O3/c1-3-4-13-22(24-25-22)14-15-23-21(27)19-8-6-5-7-18(19)20(26)16-9-11-17(28-2)12-10-16/h1,5-12H,4,13-15H2,2H3,(H,23,27). The number of ketones is 1. The van der Waals surface area contributed by atoms with Gasteiger partial charge in [-0.3, -0.25) is 9.59 Å². The van der Waals surface area contributed by atoms with Gasteiger partial charge in [-0.15, -0.1) is 12.3 Å². The van der Waals surface area contributed by atoms with Crippen molar-refractivity contribution in [2.24, 2.45) is 10.2 Å². The summed E-state index contributed by atoms with van der Waals surface area (Å²) in [4.78, 5) is 25.5. The number of terminal acetylenes is 1. The molecule has 0 unspecified atom stereocenters. The number of rotatable bonds is 9. The minimum atomic E-state index is -0.446. The summed E-state index contributed by atoms with van der Waals surface area (Å²) < 4.78 is 5.12. The molecular formula is C22H21N3O3. The van der Waals surface area contributed by atoms with E-state index in [4.69, 9.17) is 11.2 Å². The van der Waals surface area contributed by atoms with Gasteiger partial charge in [0.25, 0.3) is 5.91 Å². The van der Waals surface area contributed by atoms with Crippen LogP contribution in [0.3, 0.4) is 0 Å². The van der Waals surface area contributed by atoms with E-state index in [1.807, 2.05) is 0 Å². The molecule has 0 aliphatic carbocycles. The maximum absolute atomic E-state index is 12.9. The van der Waals surface area contributed by atoms with Gasteiger partial charge in [0.2, 0.25) is 0 Å². The SMILES string of the molecule is C#CCCC1(CCNC(=O)c2ccccc2C(=O)c2ccc(OC)cc2)N=N1. The van der Waals surface area contributed by atoms with E-state index >= 15 is 0 Å². The number of nitrogens with zero attached hydrogens (tertiary/aromatic N) is 2. The van der Waals surface area contributed by atoms with Crippen LogP contribution < -0.4 is 10.1 Å². The van der Waals surface area contributed by atoms with Crippen molar-refractivity contribution in [2.75, 3.05) is 13.7 Å². The fourth-order valence-corrected chi connectivity index (χ4v) is 2.92. The van der Waals surface area contributed by atoms with Crippen molar-refractivity contribution >= 4 is 11.7 Å². The van der Waals surface area contributed by atoms with Gasteiger partial charge in [0.1, 0.15) is 5.75 Å². The second kappa shape index (κ2) is 8.49. The highest BCUT2D eigenvalue weighted by Crippen LogP contribution is 2.36. The van der Waals surface area contributed by atoms with Gasteiger partial charge in [0, 0.05) is 36.9 Å². The quantitative estimate of drug-likeness (QED) is 0.537. The highest BCUT2D eigenvalue weighted by Gasteiger charge is 2.38. The van der Waals surface area contributed by atoms with Gasteiger partial charge in [0.15, 0.2) is 11.4 Å². The second-order valence-corrected chi connectivity index (χ2v) is 6.50. The summed E-state index contributed by atoms with van der Waals surface area (Å²) in [5, 5.41) is 11.0. The molecule has 0 saturated heterocycles. The zero-order chi connectivity index (χ0) is 20.0. The molecule has 1 aliphatic heterocycles. The molecule has 6 nitrogen and oxygen atoms in total. The molecule has 0 bridgehead atoms. The lowest BCUT2D eigenvalue weighted by Gasteiger charge is -2.12. The van der Waals surface area contributed by atoms with E-state index < -0.39 is 5.66 Å². The van der Waals surface area contributed by atoms with E-state index in [-0.39, 0.29) is 11.7 Å². The fraction of sp³-hybridized carbons (Fsp3) is 0.273. The number of carbonyl (C=O) groups excluding carboxylic acids is 2. The Bertz CT molecular complexity index is 936. The van der Waals surface area contributed by atoms with Gasteiger partial charge >= 0.3 is 0 Å². The van der Waals surface area contributed by atoms with Crippen LogP contribution in [-0.2, 0) is 0 Å². The number of methoxy groups -OCH3 is 1. The van der Waals surface area contributed by atoms with Crippen molar-refractivity contribution in [1.82, 2.24) is 5.32 Å². The van der Waals surface area contributed by atoms with Crippen molar-refractivity contribution < 1.29 is 14.3 Å². The van der Waals surface area contributed by atoms with Crippen molar-refractivity contribution in [3.05, 3.63) is 65.2 Å². The fourth-order valence-electron chi connectivity index (χ4n) is 2.92. The average Bonchev–Trinajstić information content (AvgIpc) is 3.51. The number of amides is 1. The first kappa shape index (κ1) is 19.3. The topological polar surface area (TPSA) is 80.1 Å². The number of ether oxygens (including phenoxy) is 1. The first-order valence-electron chi connectivity index (χ1n) is 9.02. The average molecular weight is 375 g/mol. The summed E-state index contributed by atoms with van der Waals surface area (Å²) in [5.74, 6) is 2.73. The molecule has 1 N–H and O–H groups in total. The minimum Gasteiger partial charge on any atom is -0.497 e. The Morgan fingerprint density at radius 2 is 1.75 bits per heavy atom. The van der Waals surface area contributed by atoms with Crippen LogP contribution >= 0.6 is 0 Å². The molecule has 0 radical (unpaired) electrons. The van der Waals surface area contributed by atoms with E-state index in [1.54, 1.807) is 55.6 Å². The van der Waals surface area contributed by atoms with Gasteiger partial charge in [-0.25, -0.2) is 0 Å². The van der Waals surface area contributed by atoms with Crippen LogP contribution in [0.4, 0.5) is 0 Å². The van der Waals surface area contributed by atoms with Gasteiger partial charge in [0.05, 0.1) is 12.7 Å². The van der Waals surface area contributed by atoms with Gasteiger partial charge in [-0.05, 0) is 30.3 Å². The van der Waals surface area contributed by atoms with E-state index in [0.717, 1.165) is 0 Å². The molecule has 1 amide bonds. The molecule has 0 saturated carbocycles. The molecule has 0 spiro atoms. The minimum absolute atomic E-state index is 0.217. The third kappa shape index (κ3) is 4.44. The Balaban J connectivity index is 1.66. The largest absolute Gasteiger partial charge is 0.497 e. The van der Waals surface area contributed by atoms with E-state index in [2.05, 4.69) is 21.5 Å². The summed E-state index contributed by atoms with van der Waals surface area (Å²) in [6, 6.07) is 13.6. The molecule has 2 aromatic carbocycles. The highest BCUT2D eigenvalue weighted by atomic mass is 16.5. The van der Waals surface area contributed by atoms with Crippen molar-refractivity contribution in [3.63, 3.8) is 0 Å². The summed E-state index contributed by atoms with van der Waals surface area (Å²) >= 11 is 0. The second-order valence-electron chi connectivity index (χ2n) is 6.50. The lowest BCUT2D eigenvalue weighted by atomic mass is 9.97. The van der Waals surface area contributed by atoms with Crippen LogP contribution in [0, 0.1) is 12.3 Å². The molecule has 3 rings (SSSR count). The highest BCUT2D eigenvalue weighted by molar-refractivity contribution is 6.15. The lowest BCUT2D eigenvalue weighted by Crippen LogP contribution is -2.29. The molecule has 0 aromatic heterocycles. The molecule has 0 fully saturated rings. The van der Waals surface area contributed by atoms with Crippen LogP contribution in [0.15, 0.2) is 58.8 Å². The van der Waals surface area contributed by atoms with Crippen LogP contribution in [-0.4, -0.2) is 31.0 Å². The third-order valence-electron chi connectivity index (χ3n) is 4.63. The van der Waals surface area contributed by atoms with E-state index in [1.165, 1.54) is 0 Å². The van der Waals surface area contributed by atoms with Crippen LogP contribution in [0.2, 0.25) is 0 Å². The molecular weight excluding hydrogens is 354 g/mol. The lowest BCUT2D eigenvalue weighted by molar-refractivity contribution is 0.0940. The number of nitrogens with one attached hydrogen (secondary N) is 1. The Hall–Kier alpha value is -3.46. The Morgan fingerprint density at radius 3 is 2.36 bits per heavy atom. The van der Waals surface area contributed by atoms with Gasteiger partial charge < -0.3 is 10.1 Å². The normalized spacial score (nSPS) is 13.4. The van der Waals surface area contributed by atoms with Gasteiger partial charge in [-0.1, -0.05) is 18.2 Å². The predicted molar refractivity (Wildman–Crippen MR) is 105 cm³/mol.